The molecule has 0 saturated carbocycles. The Morgan fingerprint density at radius 1 is 1.10 bits per heavy atom. The summed E-state index contributed by atoms with van der Waals surface area (Å²) in [4.78, 5) is 2.05. The molecule has 0 aromatic heterocycles. The Morgan fingerprint density at radius 2 is 1.90 bits per heavy atom. The highest BCUT2D eigenvalue weighted by Crippen LogP contribution is 2.30. The maximum atomic E-state index is 14.1. The van der Waals surface area contributed by atoms with E-state index in [2.05, 4.69) is 22.0 Å². The van der Waals surface area contributed by atoms with E-state index < -0.39 is 11.6 Å². The lowest BCUT2D eigenvalue weighted by Gasteiger charge is -2.31. The minimum atomic E-state index is -0.506. The molecule has 3 rings (SSSR count). The van der Waals surface area contributed by atoms with Crippen LogP contribution in [0.4, 0.5) is 14.5 Å². The van der Waals surface area contributed by atoms with Crippen molar-refractivity contribution in [3.05, 3.63) is 63.6 Å². The van der Waals surface area contributed by atoms with Crippen molar-refractivity contribution in [2.75, 3.05) is 11.4 Å². The maximum Gasteiger partial charge on any atom is 0.145 e. The fourth-order valence-corrected chi connectivity index (χ4v) is 3.05. The van der Waals surface area contributed by atoms with E-state index in [0.717, 1.165) is 25.1 Å². The molecule has 1 aliphatic heterocycles. The monoisotopic (exact) mass is 337 g/mol. The third kappa shape index (κ3) is 2.44. The van der Waals surface area contributed by atoms with Crippen LogP contribution in [0.2, 0.25) is 0 Å². The lowest BCUT2D eigenvalue weighted by atomic mass is 10.0. The van der Waals surface area contributed by atoms with Crippen LogP contribution in [-0.2, 0) is 13.0 Å². The zero-order chi connectivity index (χ0) is 14.1. The van der Waals surface area contributed by atoms with Crippen LogP contribution in [0.15, 0.2) is 40.9 Å². The van der Waals surface area contributed by atoms with Gasteiger partial charge in [-0.05, 0) is 52.5 Å². The predicted octanol–water partition coefficient (Wildman–Crippen LogP) is 4.68. The number of hydrogen-bond donors (Lipinski definition) is 0. The first-order valence-electron chi connectivity index (χ1n) is 6.62. The van der Waals surface area contributed by atoms with Crippen LogP contribution in [0.25, 0.3) is 0 Å². The molecule has 2 aromatic carbocycles. The standard InChI is InChI=1S/C16H14BrF2N/c17-13-7-8-14(18)12(16(13)19)10-20-9-3-5-11-4-1-2-6-15(11)20/h1-2,4,6-8H,3,5,9-10H2. The van der Waals surface area contributed by atoms with Gasteiger partial charge in [0.05, 0.1) is 4.47 Å². The number of hydrogen-bond acceptors (Lipinski definition) is 1. The molecule has 0 radical (unpaired) electrons. The van der Waals surface area contributed by atoms with Gasteiger partial charge in [-0.1, -0.05) is 18.2 Å². The van der Waals surface area contributed by atoms with E-state index >= 15 is 0 Å². The Bertz CT molecular complexity index is 642. The summed E-state index contributed by atoms with van der Waals surface area (Å²) < 4.78 is 28.3. The molecule has 0 amide bonds. The first kappa shape index (κ1) is 13.6. The van der Waals surface area contributed by atoms with Gasteiger partial charge in [0.2, 0.25) is 0 Å². The Labute approximate surface area is 125 Å². The first-order valence-corrected chi connectivity index (χ1v) is 7.41. The van der Waals surface area contributed by atoms with Crippen molar-refractivity contribution in [3.63, 3.8) is 0 Å². The van der Waals surface area contributed by atoms with Crippen LogP contribution in [0, 0.1) is 11.6 Å². The quantitative estimate of drug-likeness (QED) is 0.719. The normalized spacial score (nSPS) is 14.2. The van der Waals surface area contributed by atoms with Gasteiger partial charge >= 0.3 is 0 Å². The Hall–Kier alpha value is -1.42. The van der Waals surface area contributed by atoms with Crippen molar-refractivity contribution in [1.29, 1.82) is 0 Å². The van der Waals surface area contributed by atoms with Crippen LogP contribution in [0.3, 0.4) is 0 Å². The van der Waals surface area contributed by atoms with Crippen LogP contribution in [0.5, 0.6) is 0 Å². The van der Waals surface area contributed by atoms with Crippen LogP contribution in [-0.4, -0.2) is 6.54 Å². The van der Waals surface area contributed by atoms with E-state index in [1.165, 1.54) is 17.7 Å². The molecule has 0 unspecified atom stereocenters. The van der Waals surface area contributed by atoms with Gasteiger partial charge < -0.3 is 4.90 Å². The number of anilines is 1. The zero-order valence-corrected chi connectivity index (χ0v) is 12.5. The van der Waals surface area contributed by atoms with Gasteiger partial charge in [0.25, 0.3) is 0 Å². The Kier molecular flexibility index (Phi) is 3.74. The van der Waals surface area contributed by atoms with E-state index in [4.69, 9.17) is 0 Å². The van der Waals surface area contributed by atoms with E-state index in [9.17, 15) is 8.78 Å². The third-order valence-corrected chi connectivity index (χ3v) is 4.31. The molecule has 0 aliphatic carbocycles. The molecule has 0 bridgehead atoms. The summed E-state index contributed by atoms with van der Waals surface area (Å²) in [5.41, 5.74) is 2.45. The number of benzene rings is 2. The summed E-state index contributed by atoms with van der Waals surface area (Å²) in [6, 6.07) is 10.8. The fraction of sp³-hybridized carbons (Fsp3) is 0.250. The van der Waals surface area contributed by atoms with Crippen LogP contribution in [0.1, 0.15) is 17.5 Å². The average molecular weight is 338 g/mol. The average Bonchev–Trinajstić information content (AvgIpc) is 2.48. The summed E-state index contributed by atoms with van der Waals surface area (Å²) in [7, 11) is 0. The molecule has 0 spiro atoms. The SMILES string of the molecule is Fc1ccc(Br)c(F)c1CN1CCCc2ccccc21. The lowest BCUT2D eigenvalue weighted by Crippen LogP contribution is -2.29. The Balaban J connectivity index is 1.96. The number of halogens is 3. The van der Waals surface area contributed by atoms with Gasteiger partial charge in [0, 0.05) is 24.3 Å². The molecule has 1 heterocycles. The van der Waals surface area contributed by atoms with Gasteiger partial charge in [-0.3, -0.25) is 0 Å². The lowest BCUT2D eigenvalue weighted by molar-refractivity contribution is 0.542. The number of para-hydroxylation sites is 1. The van der Waals surface area contributed by atoms with E-state index in [-0.39, 0.29) is 12.1 Å². The molecule has 20 heavy (non-hydrogen) atoms. The van der Waals surface area contributed by atoms with Crippen LogP contribution < -0.4 is 4.90 Å². The predicted molar refractivity (Wildman–Crippen MR) is 79.9 cm³/mol. The second-order valence-corrected chi connectivity index (χ2v) is 5.83. The molecule has 0 fully saturated rings. The molecule has 0 N–H and O–H groups in total. The summed E-state index contributed by atoms with van der Waals surface area (Å²) in [6.07, 6.45) is 2.03. The highest BCUT2D eigenvalue weighted by atomic mass is 79.9. The fourth-order valence-electron chi connectivity index (χ4n) is 2.68. The van der Waals surface area contributed by atoms with Crippen molar-refractivity contribution < 1.29 is 8.78 Å². The zero-order valence-electron chi connectivity index (χ0n) is 10.9. The first-order chi connectivity index (χ1) is 9.66. The van der Waals surface area contributed by atoms with Gasteiger partial charge in [0.1, 0.15) is 11.6 Å². The minimum absolute atomic E-state index is 0.121. The van der Waals surface area contributed by atoms with Crippen molar-refractivity contribution in [2.45, 2.75) is 19.4 Å². The summed E-state index contributed by atoms with van der Waals surface area (Å²) in [5.74, 6) is -0.998. The number of nitrogens with zero attached hydrogens (tertiary/aromatic N) is 1. The van der Waals surface area contributed by atoms with Crippen molar-refractivity contribution >= 4 is 21.6 Å². The van der Waals surface area contributed by atoms with Gasteiger partial charge in [-0.25, -0.2) is 8.78 Å². The van der Waals surface area contributed by atoms with Crippen molar-refractivity contribution in [3.8, 4) is 0 Å². The second-order valence-electron chi connectivity index (χ2n) is 4.98. The molecular weight excluding hydrogens is 324 g/mol. The number of fused-ring (bicyclic) bond motifs is 1. The molecule has 1 aliphatic rings. The van der Waals surface area contributed by atoms with E-state index in [0.29, 0.717) is 4.47 Å². The second kappa shape index (κ2) is 5.52. The molecule has 2 aromatic rings. The van der Waals surface area contributed by atoms with Gasteiger partial charge in [-0.15, -0.1) is 0 Å². The summed E-state index contributed by atoms with van der Waals surface area (Å²) in [5, 5.41) is 0. The third-order valence-electron chi connectivity index (χ3n) is 3.69. The molecule has 0 atom stereocenters. The number of rotatable bonds is 2. The molecule has 104 valence electrons. The molecular formula is C16H14BrF2N. The van der Waals surface area contributed by atoms with Gasteiger partial charge in [0.15, 0.2) is 0 Å². The Morgan fingerprint density at radius 3 is 2.75 bits per heavy atom. The summed E-state index contributed by atoms with van der Waals surface area (Å²) >= 11 is 3.12. The highest BCUT2D eigenvalue weighted by molar-refractivity contribution is 9.10. The van der Waals surface area contributed by atoms with E-state index in [1.807, 2.05) is 23.1 Å². The minimum Gasteiger partial charge on any atom is -0.367 e. The number of aryl methyl sites for hydroxylation is 1. The smallest absolute Gasteiger partial charge is 0.145 e. The van der Waals surface area contributed by atoms with Crippen LogP contribution >= 0.6 is 15.9 Å². The molecule has 1 nitrogen and oxygen atoms in total. The highest BCUT2D eigenvalue weighted by Gasteiger charge is 2.20. The maximum absolute atomic E-state index is 14.1. The topological polar surface area (TPSA) is 3.24 Å². The van der Waals surface area contributed by atoms with Crippen molar-refractivity contribution in [1.82, 2.24) is 0 Å². The molecule has 0 saturated heterocycles. The van der Waals surface area contributed by atoms with E-state index in [1.54, 1.807) is 0 Å². The largest absolute Gasteiger partial charge is 0.367 e. The van der Waals surface area contributed by atoms with Gasteiger partial charge in [-0.2, -0.15) is 0 Å². The van der Waals surface area contributed by atoms with Crippen molar-refractivity contribution in [2.24, 2.45) is 0 Å². The molecule has 4 heteroatoms. The summed E-state index contributed by atoms with van der Waals surface area (Å²) in [6.45, 7) is 1.08.